The zero-order chi connectivity index (χ0) is 14.7. The molecule has 0 amide bonds. The van der Waals surface area contributed by atoms with Crippen LogP contribution in [0.2, 0.25) is 0 Å². The lowest BCUT2D eigenvalue weighted by Gasteiger charge is -2.18. The number of nitrogens with one attached hydrogen (secondary N) is 1. The molecule has 0 bridgehead atoms. The van der Waals surface area contributed by atoms with E-state index in [2.05, 4.69) is 45.1 Å². The molecule has 0 aliphatic heterocycles. The quantitative estimate of drug-likeness (QED) is 0.752. The highest BCUT2D eigenvalue weighted by molar-refractivity contribution is 5.55. The lowest BCUT2D eigenvalue weighted by Crippen LogP contribution is -2.25. The van der Waals surface area contributed by atoms with E-state index >= 15 is 0 Å². The van der Waals surface area contributed by atoms with E-state index in [-0.39, 0.29) is 6.04 Å². The maximum absolute atomic E-state index is 4.43. The van der Waals surface area contributed by atoms with Crippen molar-refractivity contribution in [3.05, 3.63) is 48.3 Å². The van der Waals surface area contributed by atoms with Crippen molar-refractivity contribution in [2.24, 2.45) is 0 Å². The van der Waals surface area contributed by atoms with Crippen molar-refractivity contribution in [1.29, 1.82) is 0 Å². The highest BCUT2D eigenvalue weighted by atomic mass is 15.3. The normalized spacial score (nSPS) is 12.9. The molecule has 3 rings (SSSR count). The van der Waals surface area contributed by atoms with Gasteiger partial charge in [-0.2, -0.15) is 10.2 Å². The minimum Gasteiger partial charge on any atom is -0.305 e. The van der Waals surface area contributed by atoms with Gasteiger partial charge in [-0.15, -0.1) is 0 Å². The van der Waals surface area contributed by atoms with Gasteiger partial charge < -0.3 is 5.32 Å². The summed E-state index contributed by atoms with van der Waals surface area (Å²) in [5, 5.41) is 12.4. The van der Waals surface area contributed by atoms with Gasteiger partial charge in [0.15, 0.2) is 0 Å². The van der Waals surface area contributed by atoms with Crippen molar-refractivity contribution in [1.82, 2.24) is 29.7 Å². The first-order valence-corrected chi connectivity index (χ1v) is 7.37. The van der Waals surface area contributed by atoms with Gasteiger partial charge in [0.2, 0.25) is 0 Å². The summed E-state index contributed by atoms with van der Waals surface area (Å²) in [6.07, 6.45) is 10.3. The summed E-state index contributed by atoms with van der Waals surface area (Å²) in [5.41, 5.74) is 3.31. The van der Waals surface area contributed by atoms with Crippen LogP contribution in [0.5, 0.6) is 0 Å². The third kappa shape index (κ3) is 2.54. The molecule has 0 spiro atoms. The summed E-state index contributed by atoms with van der Waals surface area (Å²) in [5.74, 6) is 0. The van der Waals surface area contributed by atoms with Crippen molar-refractivity contribution in [3.63, 3.8) is 0 Å². The van der Waals surface area contributed by atoms with E-state index in [1.165, 1.54) is 0 Å². The van der Waals surface area contributed by atoms with E-state index in [4.69, 9.17) is 0 Å². The van der Waals surface area contributed by atoms with Crippen LogP contribution in [0.3, 0.4) is 0 Å². The van der Waals surface area contributed by atoms with Crippen molar-refractivity contribution in [3.8, 4) is 0 Å². The smallest absolute Gasteiger partial charge is 0.0896 e. The first-order chi connectivity index (χ1) is 10.3. The molecule has 3 heterocycles. The minimum absolute atomic E-state index is 0.0748. The van der Waals surface area contributed by atoms with Crippen LogP contribution < -0.4 is 5.32 Å². The van der Waals surface area contributed by atoms with Gasteiger partial charge in [-0.1, -0.05) is 13.8 Å². The third-order valence-corrected chi connectivity index (χ3v) is 3.55. The van der Waals surface area contributed by atoms with Crippen LogP contribution in [0.15, 0.2) is 37.1 Å². The topological polar surface area (TPSA) is 60.0 Å². The summed E-state index contributed by atoms with van der Waals surface area (Å²) in [6.45, 7) is 6.06. The minimum atomic E-state index is 0.0748. The molecule has 1 atom stereocenters. The van der Waals surface area contributed by atoms with E-state index < -0.39 is 0 Å². The van der Waals surface area contributed by atoms with Crippen LogP contribution in [0.1, 0.15) is 37.6 Å². The number of nitrogens with zero attached hydrogens (tertiary/aromatic N) is 5. The maximum atomic E-state index is 4.43. The molecule has 0 aromatic carbocycles. The predicted octanol–water partition coefficient (Wildman–Crippen LogP) is 2.03. The summed E-state index contributed by atoms with van der Waals surface area (Å²) < 4.78 is 3.92. The SMILES string of the molecule is CCCn1nccc1C(NCC)c1cnn2ccncc12. The molecular formula is C15H20N6. The molecule has 6 nitrogen and oxygen atoms in total. The fourth-order valence-electron chi connectivity index (χ4n) is 2.64. The Morgan fingerprint density at radius 1 is 1.19 bits per heavy atom. The van der Waals surface area contributed by atoms with Gasteiger partial charge >= 0.3 is 0 Å². The third-order valence-electron chi connectivity index (χ3n) is 3.55. The summed E-state index contributed by atoms with van der Waals surface area (Å²) in [7, 11) is 0. The molecule has 0 aliphatic carbocycles. The van der Waals surface area contributed by atoms with Crippen molar-refractivity contribution >= 4 is 5.52 Å². The molecule has 110 valence electrons. The number of aromatic nitrogens is 5. The molecule has 21 heavy (non-hydrogen) atoms. The summed E-state index contributed by atoms with van der Waals surface area (Å²) >= 11 is 0. The van der Waals surface area contributed by atoms with Gasteiger partial charge in [0.1, 0.15) is 0 Å². The van der Waals surface area contributed by atoms with E-state index in [1.54, 1.807) is 6.20 Å². The monoisotopic (exact) mass is 284 g/mol. The molecule has 3 aromatic rings. The number of hydrogen-bond donors (Lipinski definition) is 1. The summed E-state index contributed by atoms with van der Waals surface area (Å²) in [4.78, 5) is 4.22. The number of hydrogen-bond acceptors (Lipinski definition) is 4. The molecule has 1 unspecified atom stereocenters. The first-order valence-electron chi connectivity index (χ1n) is 7.37. The molecule has 1 N–H and O–H groups in total. The van der Waals surface area contributed by atoms with Crippen LogP contribution in [0, 0.1) is 0 Å². The Kier molecular flexibility index (Phi) is 3.96. The van der Waals surface area contributed by atoms with Gasteiger partial charge in [-0.3, -0.25) is 9.67 Å². The second-order valence-electron chi connectivity index (χ2n) is 4.98. The van der Waals surface area contributed by atoms with E-state index in [0.717, 1.165) is 36.3 Å². The molecule has 3 aromatic heterocycles. The van der Waals surface area contributed by atoms with Gasteiger partial charge in [-0.25, -0.2) is 4.52 Å². The fourth-order valence-corrected chi connectivity index (χ4v) is 2.64. The Hall–Kier alpha value is -2.21. The Morgan fingerprint density at radius 2 is 2.10 bits per heavy atom. The van der Waals surface area contributed by atoms with Crippen LogP contribution in [0.25, 0.3) is 5.52 Å². The Bertz CT molecular complexity index is 714. The number of rotatable bonds is 6. The zero-order valence-electron chi connectivity index (χ0n) is 12.4. The lowest BCUT2D eigenvalue weighted by atomic mass is 10.1. The van der Waals surface area contributed by atoms with Crippen molar-refractivity contribution in [2.75, 3.05) is 6.54 Å². The number of aryl methyl sites for hydroxylation is 1. The Morgan fingerprint density at radius 3 is 2.90 bits per heavy atom. The van der Waals surface area contributed by atoms with Crippen molar-refractivity contribution in [2.45, 2.75) is 32.9 Å². The largest absolute Gasteiger partial charge is 0.305 e. The van der Waals surface area contributed by atoms with E-state index in [9.17, 15) is 0 Å². The zero-order valence-corrected chi connectivity index (χ0v) is 12.4. The van der Waals surface area contributed by atoms with Crippen LogP contribution in [-0.4, -0.2) is 30.9 Å². The highest BCUT2D eigenvalue weighted by Gasteiger charge is 2.21. The molecule has 0 aliphatic rings. The standard InChI is InChI=1S/C15H20N6/c1-3-8-20-13(5-6-18-20)15(17-4-2)12-10-19-21-9-7-16-11-14(12)21/h5-7,9-11,15,17H,3-4,8H2,1-2H3. The summed E-state index contributed by atoms with van der Waals surface area (Å²) in [6, 6.07) is 2.15. The second-order valence-corrected chi connectivity index (χ2v) is 4.98. The van der Waals surface area contributed by atoms with Crippen LogP contribution in [0.4, 0.5) is 0 Å². The molecule has 0 saturated heterocycles. The molecule has 0 fully saturated rings. The van der Waals surface area contributed by atoms with Gasteiger partial charge in [0, 0.05) is 30.7 Å². The highest BCUT2D eigenvalue weighted by Crippen LogP contribution is 2.25. The second kappa shape index (κ2) is 6.05. The van der Waals surface area contributed by atoms with E-state index in [0.29, 0.717) is 0 Å². The average molecular weight is 284 g/mol. The van der Waals surface area contributed by atoms with Crippen LogP contribution >= 0.6 is 0 Å². The fraction of sp³-hybridized carbons (Fsp3) is 0.400. The molecular weight excluding hydrogens is 264 g/mol. The maximum Gasteiger partial charge on any atom is 0.0896 e. The van der Waals surface area contributed by atoms with Gasteiger partial charge in [0.05, 0.1) is 29.6 Å². The average Bonchev–Trinajstić information content (AvgIpc) is 3.12. The molecule has 6 heteroatoms. The van der Waals surface area contributed by atoms with Gasteiger partial charge in [0.25, 0.3) is 0 Å². The molecule has 0 radical (unpaired) electrons. The van der Waals surface area contributed by atoms with Gasteiger partial charge in [-0.05, 0) is 19.0 Å². The molecule has 0 saturated carbocycles. The van der Waals surface area contributed by atoms with E-state index in [1.807, 2.05) is 29.3 Å². The predicted molar refractivity (Wildman–Crippen MR) is 81.0 cm³/mol. The number of fused-ring (bicyclic) bond motifs is 1. The Balaban J connectivity index is 2.07. The van der Waals surface area contributed by atoms with Crippen LogP contribution in [-0.2, 0) is 6.54 Å². The lowest BCUT2D eigenvalue weighted by molar-refractivity contribution is 0.522. The first kappa shape index (κ1) is 13.8. The Labute approximate surface area is 123 Å². The van der Waals surface area contributed by atoms with Crippen molar-refractivity contribution < 1.29 is 0 Å².